The number of nitrogen functional groups attached to an aromatic ring is 1. The molecule has 0 aliphatic carbocycles. The van der Waals surface area contributed by atoms with E-state index in [1.54, 1.807) is 6.07 Å². The summed E-state index contributed by atoms with van der Waals surface area (Å²) in [6.07, 6.45) is 0. The van der Waals surface area contributed by atoms with E-state index in [9.17, 15) is 8.42 Å². The van der Waals surface area contributed by atoms with Crippen LogP contribution in [0.3, 0.4) is 0 Å². The third-order valence-corrected chi connectivity index (χ3v) is 5.91. The molecule has 2 rings (SSSR count). The fourth-order valence-corrected chi connectivity index (χ4v) is 4.40. The van der Waals surface area contributed by atoms with E-state index in [0.717, 1.165) is 16.9 Å². The van der Waals surface area contributed by atoms with Gasteiger partial charge in [0.25, 0.3) is 10.0 Å². The Kier molecular flexibility index (Phi) is 3.20. The highest BCUT2D eigenvalue weighted by molar-refractivity contribution is 7.91. The first-order valence-electron chi connectivity index (χ1n) is 4.95. The first kappa shape index (κ1) is 11.8. The number of sulfonamides is 1. The smallest absolute Gasteiger partial charge is 0.252 e. The second kappa shape index (κ2) is 4.33. The number of thiophene rings is 1. The molecule has 1 aliphatic rings. The Hall–Kier alpha value is -0.630. The predicted octanol–water partition coefficient (Wildman–Crippen LogP) is 0.660. The van der Waals surface area contributed by atoms with E-state index in [-0.39, 0.29) is 0 Å². The molecule has 7 heteroatoms. The first-order valence-corrected chi connectivity index (χ1v) is 7.21. The Morgan fingerprint density at radius 3 is 2.56 bits per heavy atom. The zero-order valence-electron chi connectivity index (χ0n) is 8.97. The summed E-state index contributed by atoms with van der Waals surface area (Å²) in [6.45, 7) is 3.56. The fourth-order valence-electron chi connectivity index (χ4n) is 1.51. The topological polar surface area (TPSA) is 72.6 Å². The molecule has 5 nitrogen and oxygen atoms in total. The molecular weight excluding hydrogens is 248 g/mol. The zero-order chi connectivity index (χ0) is 11.8. The minimum atomic E-state index is -3.37. The second-order valence-corrected chi connectivity index (χ2v) is 6.88. The van der Waals surface area contributed by atoms with Crippen LogP contribution in [0.5, 0.6) is 0 Å². The third kappa shape index (κ3) is 2.08. The van der Waals surface area contributed by atoms with Crippen molar-refractivity contribution in [1.82, 2.24) is 4.31 Å². The van der Waals surface area contributed by atoms with E-state index in [0.29, 0.717) is 35.5 Å². The molecule has 1 fully saturated rings. The number of morpholine rings is 1. The molecule has 16 heavy (non-hydrogen) atoms. The zero-order valence-corrected chi connectivity index (χ0v) is 10.6. The Morgan fingerprint density at radius 1 is 1.44 bits per heavy atom. The van der Waals surface area contributed by atoms with Crippen LogP contribution in [-0.2, 0) is 14.8 Å². The van der Waals surface area contributed by atoms with Gasteiger partial charge >= 0.3 is 0 Å². The van der Waals surface area contributed by atoms with Gasteiger partial charge in [-0.05, 0) is 18.6 Å². The van der Waals surface area contributed by atoms with Crippen molar-refractivity contribution in [2.45, 2.75) is 11.1 Å². The SMILES string of the molecule is Cc1cc(S(=O)(=O)N2CCOCC2)sc1N. The third-order valence-electron chi connectivity index (χ3n) is 2.50. The number of rotatable bonds is 2. The predicted molar refractivity (Wildman–Crippen MR) is 63.0 cm³/mol. The number of nitrogens with two attached hydrogens (primary N) is 1. The molecule has 2 N–H and O–H groups in total. The Balaban J connectivity index is 2.30. The maximum absolute atomic E-state index is 12.2. The number of aryl methyl sites for hydroxylation is 1. The highest BCUT2D eigenvalue weighted by Gasteiger charge is 2.28. The average Bonchev–Trinajstić information content (AvgIpc) is 2.61. The summed E-state index contributed by atoms with van der Waals surface area (Å²) < 4.78 is 31.3. The van der Waals surface area contributed by atoms with Crippen molar-refractivity contribution >= 4 is 26.4 Å². The van der Waals surface area contributed by atoms with Gasteiger partial charge in [0.15, 0.2) is 0 Å². The van der Waals surface area contributed by atoms with Gasteiger partial charge in [-0.2, -0.15) is 4.31 Å². The van der Waals surface area contributed by atoms with Crippen molar-refractivity contribution in [2.24, 2.45) is 0 Å². The maximum Gasteiger partial charge on any atom is 0.252 e. The van der Waals surface area contributed by atoms with Gasteiger partial charge < -0.3 is 10.5 Å². The van der Waals surface area contributed by atoms with Gasteiger partial charge in [-0.15, -0.1) is 11.3 Å². The molecular formula is C9H14N2O3S2. The molecule has 1 aromatic rings. The minimum Gasteiger partial charge on any atom is -0.390 e. The maximum atomic E-state index is 12.2. The van der Waals surface area contributed by atoms with Gasteiger partial charge in [-0.3, -0.25) is 0 Å². The van der Waals surface area contributed by atoms with Gasteiger partial charge in [0.05, 0.1) is 18.2 Å². The van der Waals surface area contributed by atoms with Crippen molar-refractivity contribution in [1.29, 1.82) is 0 Å². The molecule has 1 aliphatic heterocycles. The Morgan fingerprint density at radius 2 is 2.06 bits per heavy atom. The Labute approximate surface area is 98.9 Å². The summed E-state index contributed by atoms with van der Waals surface area (Å²) in [5.74, 6) is 0. The van der Waals surface area contributed by atoms with E-state index in [1.165, 1.54) is 4.31 Å². The fraction of sp³-hybridized carbons (Fsp3) is 0.556. The van der Waals surface area contributed by atoms with Crippen molar-refractivity contribution < 1.29 is 13.2 Å². The molecule has 2 heterocycles. The lowest BCUT2D eigenvalue weighted by Gasteiger charge is -2.25. The number of hydrogen-bond acceptors (Lipinski definition) is 5. The van der Waals surface area contributed by atoms with Crippen molar-refractivity contribution in [2.75, 3.05) is 32.0 Å². The van der Waals surface area contributed by atoms with E-state index in [4.69, 9.17) is 10.5 Å². The standard InChI is InChI=1S/C9H14N2O3S2/c1-7-6-8(15-9(7)10)16(12,13)11-2-4-14-5-3-11/h6H,2-5,10H2,1H3. The minimum absolute atomic E-state index is 0.324. The molecule has 0 aromatic carbocycles. The van der Waals surface area contributed by atoms with Crippen molar-refractivity contribution in [3.63, 3.8) is 0 Å². The van der Waals surface area contributed by atoms with E-state index in [1.807, 2.05) is 6.92 Å². The second-order valence-electron chi connectivity index (χ2n) is 3.63. The molecule has 0 amide bonds. The van der Waals surface area contributed by atoms with Crippen LogP contribution < -0.4 is 5.73 Å². The quantitative estimate of drug-likeness (QED) is 0.850. The average molecular weight is 262 g/mol. The number of ether oxygens (including phenoxy) is 1. The number of hydrogen-bond donors (Lipinski definition) is 1. The lowest BCUT2D eigenvalue weighted by Crippen LogP contribution is -2.40. The van der Waals surface area contributed by atoms with Crippen molar-refractivity contribution in [3.8, 4) is 0 Å². The summed E-state index contributed by atoms with van der Waals surface area (Å²) in [7, 11) is -3.37. The molecule has 0 saturated carbocycles. The molecule has 0 radical (unpaired) electrons. The number of nitrogens with zero attached hydrogens (tertiary/aromatic N) is 1. The van der Waals surface area contributed by atoms with Crippen molar-refractivity contribution in [3.05, 3.63) is 11.6 Å². The van der Waals surface area contributed by atoms with E-state index >= 15 is 0 Å². The van der Waals surface area contributed by atoms with Crippen LogP contribution in [0, 0.1) is 6.92 Å². The van der Waals surface area contributed by atoms with Crippen LogP contribution in [0.25, 0.3) is 0 Å². The lowest BCUT2D eigenvalue weighted by atomic mass is 10.4. The van der Waals surface area contributed by atoms with Gasteiger partial charge in [0, 0.05) is 13.1 Å². The van der Waals surface area contributed by atoms with E-state index in [2.05, 4.69) is 0 Å². The molecule has 1 saturated heterocycles. The largest absolute Gasteiger partial charge is 0.390 e. The van der Waals surface area contributed by atoms with Crippen LogP contribution >= 0.6 is 11.3 Å². The highest BCUT2D eigenvalue weighted by atomic mass is 32.2. The summed E-state index contributed by atoms with van der Waals surface area (Å²) >= 11 is 1.12. The van der Waals surface area contributed by atoms with Crippen LogP contribution in [0.1, 0.15) is 5.56 Å². The monoisotopic (exact) mass is 262 g/mol. The molecule has 0 bridgehead atoms. The molecule has 0 unspecified atom stereocenters. The first-order chi connectivity index (χ1) is 7.51. The summed E-state index contributed by atoms with van der Waals surface area (Å²) in [6, 6.07) is 1.63. The Bertz CT molecular complexity index is 455. The molecule has 90 valence electrons. The van der Waals surface area contributed by atoms with Gasteiger partial charge in [-0.25, -0.2) is 8.42 Å². The van der Waals surface area contributed by atoms with Crippen LogP contribution in [0.4, 0.5) is 5.00 Å². The highest BCUT2D eigenvalue weighted by Crippen LogP contribution is 2.30. The van der Waals surface area contributed by atoms with Gasteiger partial charge in [-0.1, -0.05) is 0 Å². The molecule has 1 aromatic heterocycles. The molecule has 0 spiro atoms. The molecule has 0 atom stereocenters. The van der Waals surface area contributed by atoms with E-state index < -0.39 is 10.0 Å². The van der Waals surface area contributed by atoms with Crippen LogP contribution in [0.2, 0.25) is 0 Å². The van der Waals surface area contributed by atoms with Crippen LogP contribution in [-0.4, -0.2) is 39.0 Å². The summed E-state index contributed by atoms with van der Waals surface area (Å²) in [4.78, 5) is 0. The van der Waals surface area contributed by atoms with Gasteiger partial charge in [0.2, 0.25) is 0 Å². The normalized spacial score (nSPS) is 18.8. The lowest BCUT2D eigenvalue weighted by molar-refractivity contribution is 0.0731. The van der Waals surface area contributed by atoms with Crippen LogP contribution in [0.15, 0.2) is 10.3 Å². The summed E-state index contributed by atoms with van der Waals surface area (Å²) in [5, 5.41) is 0.562. The number of anilines is 1. The summed E-state index contributed by atoms with van der Waals surface area (Å²) in [5.41, 5.74) is 6.49. The van der Waals surface area contributed by atoms with Gasteiger partial charge in [0.1, 0.15) is 4.21 Å².